The van der Waals surface area contributed by atoms with E-state index in [0.29, 0.717) is 0 Å². The van der Waals surface area contributed by atoms with Crippen molar-refractivity contribution in [3.05, 3.63) is 42.1 Å². The lowest BCUT2D eigenvalue weighted by molar-refractivity contribution is -0.148. The molecule has 6 heteroatoms. The van der Waals surface area contributed by atoms with Gasteiger partial charge >= 0.3 is 12.1 Å². The summed E-state index contributed by atoms with van der Waals surface area (Å²) in [5, 5.41) is 3.69. The summed E-state index contributed by atoms with van der Waals surface area (Å²) in [6, 6.07) is 8.98. The molecule has 0 saturated carbocycles. The number of aromatic nitrogens is 1. The minimum Gasteiger partial charge on any atom is -0.463 e. The van der Waals surface area contributed by atoms with Crippen molar-refractivity contribution >= 4 is 23.0 Å². The van der Waals surface area contributed by atoms with Crippen LogP contribution < -0.4 is 5.32 Å². The van der Waals surface area contributed by atoms with E-state index in [2.05, 4.69) is 10.3 Å². The minimum absolute atomic E-state index is 0.00254. The highest BCUT2D eigenvalue weighted by molar-refractivity contribution is 5.80. The zero-order chi connectivity index (χ0) is 19.3. The van der Waals surface area contributed by atoms with Gasteiger partial charge in [0.25, 0.3) is 0 Å². The van der Waals surface area contributed by atoms with E-state index >= 15 is 0 Å². The number of hydrogen-bond acceptors (Lipinski definition) is 5. The van der Waals surface area contributed by atoms with E-state index < -0.39 is 23.7 Å². The molecule has 1 N–H and O–H groups in total. The maximum atomic E-state index is 12.2. The van der Waals surface area contributed by atoms with Crippen molar-refractivity contribution in [2.45, 2.75) is 58.8 Å². The number of nitrogens with zero attached hydrogens (tertiary/aromatic N) is 1. The Morgan fingerprint density at radius 2 is 1.88 bits per heavy atom. The Kier molecular flexibility index (Phi) is 6.18. The van der Waals surface area contributed by atoms with Crippen LogP contribution in [0.25, 0.3) is 10.9 Å². The van der Waals surface area contributed by atoms with Crippen molar-refractivity contribution in [2.75, 3.05) is 0 Å². The van der Waals surface area contributed by atoms with Crippen molar-refractivity contribution in [3.8, 4) is 0 Å². The molecule has 0 unspecified atom stereocenters. The summed E-state index contributed by atoms with van der Waals surface area (Å²) in [6.45, 7) is 8.92. The number of alkyl carbamates (subject to hydrolysis) is 1. The van der Waals surface area contributed by atoms with E-state index in [4.69, 9.17) is 9.47 Å². The molecule has 1 aromatic carbocycles. The molecule has 140 valence electrons. The van der Waals surface area contributed by atoms with Crippen LogP contribution in [-0.2, 0) is 14.3 Å². The Bertz CT molecular complexity index is 781. The van der Waals surface area contributed by atoms with Crippen LogP contribution >= 0.6 is 0 Å². The van der Waals surface area contributed by atoms with Crippen LogP contribution in [0.1, 0.15) is 52.6 Å². The summed E-state index contributed by atoms with van der Waals surface area (Å²) < 4.78 is 10.5. The van der Waals surface area contributed by atoms with Crippen LogP contribution in [0.3, 0.4) is 0 Å². The Hall–Kier alpha value is -2.63. The van der Waals surface area contributed by atoms with Crippen molar-refractivity contribution < 1.29 is 19.1 Å². The second kappa shape index (κ2) is 8.17. The average molecular weight is 358 g/mol. The summed E-state index contributed by atoms with van der Waals surface area (Å²) in [5.41, 5.74) is 0.932. The molecule has 0 spiro atoms. The van der Waals surface area contributed by atoms with Crippen LogP contribution in [0.4, 0.5) is 4.79 Å². The molecule has 1 atom stereocenters. The molecule has 2 rings (SSSR count). The van der Waals surface area contributed by atoms with Crippen molar-refractivity contribution in [3.63, 3.8) is 0 Å². The summed E-state index contributed by atoms with van der Waals surface area (Å²) in [5.74, 6) is -0.394. The fourth-order valence-corrected chi connectivity index (χ4v) is 2.46. The van der Waals surface area contributed by atoms with Gasteiger partial charge in [0.2, 0.25) is 0 Å². The molecular weight excluding hydrogens is 332 g/mol. The van der Waals surface area contributed by atoms with Crippen molar-refractivity contribution in [1.29, 1.82) is 0 Å². The Morgan fingerprint density at radius 3 is 2.54 bits per heavy atom. The number of nitrogens with one attached hydrogen (secondary N) is 1. The molecule has 2 aromatic rings. The Balaban J connectivity index is 2.25. The van der Waals surface area contributed by atoms with Gasteiger partial charge in [-0.15, -0.1) is 0 Å². The first-order valence-corrected chi connectivity index (χ1v) is 8.68. The molecule has 1 aromatic heterocycles. The quantitative estimate of drug-likeness (QED) is 0.813. The number of ether oxygens (including phenoxy) is 2. The van der Waals surface area contributed by atoms with Gasteiger partial charge in [0, 0.05) is 11.6 Å². The number of rotatable bonds is 5. The molecule has 1 heterocycles. The van der Waals surface area contributed by atoms with E-state index in [9.17, 15) is 9.59 Å². The smallest absolute Gasteiger partial charge is 0.408 e. The number of pyridine rings is 1. The van der Waals surface area contributed by atoms with Crippen molar-refractivity contribution in [2.24, 2.45) is 0 Å². The molecule has 0 radical (unpaired) electrons. The fourth-order valence-electron chi connectivity index (χ4n) is 2.46. The number of para-hydroxylation sites is 1. The zero-order valence-electron chi connectivity index (χ0n) is 15.9. The third-order valence-electron chi connectivity index (χ3n) is 3.44. The number of carbonyl (C=O) groups is 2. The van der Waals surface area contributed by atoms with Gasteiger partial charge in [0.1, 0.15) is 5.60 Å². The second-order valence-corrected chi connectivity index (χ2v) is 7.40. The highest BCUT2D eigenvalue weighted by Crippen LogP contribution is 2.22. The molecule has 1 amide bonds. The molecule has 0 aliphatic rings. The first-order chi connectivity index (χ1) is 12.1. The largest absolute Gasteiger partial charge is 0.463 e. The Morgan fingerprint density at radius 1 is 1.19 bits per heavy atom. The van der Waals surface area contributed by atoms with E-state index in [-0.39, 0.29) is 12.5 Å². The topological polar surface area (TPSA) is 77.5 Å². The van der Waals surface area contributed by atoms with Gasteiger partial charge in [-0.1, -0.05) is 18.2 Å². The van der Waals surface area contributed by atoms with Crippen LogP contribution in [-0.4, -0.2) is 28.8 Å². The lowest BCUT2D eigenvalue weighted by atomic mass is 10.0. The standard InChI is InChI=1S/C20H26N2O4/c1-13(2)25-18(23)11-17(22-19(24)26-20(3,4)5)15-10-14-8-6-7-9-16(14)21-12-15/h6-10,12-13,17H,11H2,1-5H3,(H,22,24)/t17-/m1/s1. The molecular formula is C20H26N2O4. The maximum absolute atomic E-state index is 12.2. The van der Waals surface area contributed by atoms with Gasteiger partial charge in [-0.25, -0.2) is 4.79 Å². The minimum atomic E-state index is -0.630. The van der Waals surface area contributed by atoms with E-state index in [1.165, 1.54) is 0 Å². The lowest BCUT2D eigenvalue weighted by Crippen LogP contribution is -2.36. The highest BCUT2D eigenvalue weighted by atomic mass is 16.6. The first kappa shape index (κ1) is 19.7. The van der Waals surface area contributed by atoms with E-state index in [1.54, 1.807) is 40.8 Å². The molecule has 0 bridgehead atoms. The van der Waals surface area contributed by atoms with Gasteiger partial charge in [-0.05, 0) is 52.3 Å². The number of amides is 1. The van der Waals surface area contributed by atoms with Gasteiger partial charge in [-0.2, -0.15) is 0 Å². The van der Waals surface area contributed by atoms with Crippen LogP contribution in [0.15, 0.2) is 36.5 Å². The second-order valence-electron chi connectivity index (χ2n) is 7.40. The van der Waals surface area contributed by atoms with Gasteiger partial charge in [0.15, 0.2) is 0 Å². The zero-order valence-corrected chi connectivity index (χ0v) is 15.9. The third-order valence-corrected chi connectivity index (χ3v) is 3.44. The molecule has 0 aliphatic carbocycles. The van der Waals surface area contributed by atoms with Gasteiger partial charge in [-0.3, -0.25) is 9.78 Å². The van der Waals surface area contributed by atoms with Crippen LogP contribution in [0.2, 0.25) is 0 Å². The fraction of sp³-hybridized carbons (Fsp3) is 0.450. The lowest BCUT2D eigenvalue weighted by Gasteiger charge is -2.24. The summed E-state index contributed by atoms with van der Waals surface area (Å²) in [4.78, 5) is 28.7. The van der Waals surface area contributed by atoms with E-state index in [1.807, 2.05) is 30.3 Å². The number of hydrogen-bond donors (Lipinski definition) is 1. The molecule has 0 aliphatic heterocycles. The van der Waals surface area contributed by atoms with Crippen LogP contribution in [0, 0.1) is 0 Å². The van der Waals surface area contributed by atoms with Crippen molar-refractivity contribution in [1.82, 2.24) is 10.3 Å². The van der Waals surface area contributed by atoms with Gasteiger partial charge < -0.3 is 14.8 Å². The monoisotopic (exact) mass is 358 g/mol. The third kappa shape index (κ3) is 6.02. The summed E-state index contributed by atoms with van der Waals surface area (Å²) in [6.07, 6.45) is 0.845. The summed E-state index contributed by atoms with van der Waals surface area (Å²) >= 11 is 0. The van der Waals surface area contributed by atoms with E-state index in [0.717, 1.165) is 16.5 Å². The number of benzene rings is 1. The number of esters is 1. The molecule has 6 nitrogen and oxygen atoms in total. The first-order valence-electron chi connectivity index (χ1n) is 8.68. The average Bonchev–Trinajstić information content (AvgIpc) is 2.51. The predicted molar refractivity (Wildman–Crippen MR) is 99.7 cm³/mol. The highest BCUT2D eigenvalue weighted by Gasteiger charge is 2.24. The molecule has 0 saturated heterocycles. The molecule has 0 fully saturated rings. The van der Waals surface area contributed by atoms with Gasteiger partial charge in [0.05, 0.1) is 24.1 Å². The normalized spacial score (nSPS) is 12.7. The van der Waals surface area contributed by atoms with Crippen LogP contribution in [0.5, 0.6) is 0 Å². The molecule has 26 heavy (non-hydrogen) atoms. The maximum Gasteiger partial charge on any atom is 0.408 e. The number of fused-ring (bicyclic) bond motifs is 1. The Labute approximate surface area is 153 Å². The summed E-state index contributed by atoms with van der Waals surface area (Å²) in [7, 11) is 0. The number of carbonyl (C=O) groups excluding carboxylic acids is 2. The predicted octanol–water partition coefficient (Wildman–Crippen LogP) is 4.14. The SMILES string of the molecule is CC(C)OC(=O)C[C@@H](NC(=O)OC(C)(C)C)c1cnc2ccccc2c1.